The second-order valence-electron chi connectivity index (χ2n) is 22.4. The van der Waals surface area contributed by atoms with Crippen LogP contribution < -0.4 is 0 Å². The molecule has 0 aromatic heterocycles. The lowest BCUT2D eigenvalue weighted by Crippen LogP contribution is -2.30. The van der Waals surface area contributed by atoms with E-state index in [-0.39, 0.29) is 31.1 Å². The van der Waals surface area contributed by atoms with Gasteiger partial charge >= 0.3 is 17.9 Å². The summed E-state index contributed by atoms with van der Waals surface area (Å²) in [6, 6.07) is 0. The van der Waals surface area contributed by atoms with Crippen LogP contribution in [0.4, 0.5) is 0 Å². The summed E-state index contributed by atoms with van der Waals surface area (Å²) in [6.07, 6.45) is 87.3. The van der Waals surface area contributed by atoms with Gasteiger partial charge in [-0.05, 0) is 96.3 Å². The van der Waals surface area contributed by atoms with Crippen molar-refractivity contribution in [2.24, 2.45) is 0 Å². The fourth-order valence-corrected chi connectivity index (χ4v) is 9.62. The summed E-state index contributed by atoms with van der Waals surface area (Å²) >= 11 is 0. The zero-order valence-electron chi connectivity index (χ0n) is 51.7. The number of hydrogen-bond donors (Lipinski definition) is 0. The molecule has 0 heterocycles. The second kappa shape index (κ2) is 66.1. The Kier molecular flexibility index (Phi) is 63.2. The number of esters is 3. The minimum absolute atomic E-state index is 0.0820. The first kappa shape index (κ1) is 74.6. The average molecular weight is 1090 g/mol. The highest BCUT2D eigenvalue weighted by molar-refractivity contribution is 5.71. The second-order valence-corrected chi connectivity index (χ2v) is 22.4. The summed E-state index contributed by atoms with van der Waals surface area (Å²) in [7, 11) is 0. The Morgan fingerprint density at radius 2 is 0.500 bits per heavy atom. The fraction of sp³-hybridized carbons (Fsp3) is 0.764. The van der Waals surface area contributed by atoms with E-state index in [0.717, 1.165) is 116 Å². The van der Waals surface area contributed by atoms with Crippen LogP contribution in [0.1, 0.15) is 335 Å². The molecule has 0 fully saturated rings. The van der Waals surface area contributed by atoms with Crippen LogP contribution >= 0.6 is 0 Å². The Morgan fingerprint density at radius 1 is 0.269 bits per heavy atom. The SMILES string of the molecule is CC/C=C\C/C=C\C/C=C\C/C=C\C/C=C\CCCCCCCC(=O)OC(COC(=O)CCCCCCCCCCCCC/C=C\C/C=C\CCCCCCC)COC(=O)CCCCCCCCCCCCCCCCCC. The van der Waals surface area contributed by atoms with Gasteiger partial charge in [-0.1, -0.05) is 305 Å². The van der Waals surface area contributed by atoms with Crippen LogP contribution in [0.2, 0.25) is 0 Å². The van der Waals surface area contributed by atoms with Crippen molar-refractivity contribution in [1.29, 1.82) is 0 Å². The third kappa shape index (κ3) is 63.4. The molecule has 1 atom stereocenters. The first-order chi connectivity index (χ1) is 38.5. The Bertz CT molecular complexity index is 1480. The van der Waals surface area contributed by atoms with Gasteiger partial charge in [-0.15, -0.1) is 0 Å². The fourth-order valence-electron chi connectivity index (χ4n) is 9.62. The Hall–Kier alpha value is -3.41. The number of unbranched alkanes of at least 4 members (excludes halogenated alkanes) is 36. The molecule has 0 spiro atoms. The van der Waals surface area contributed by atoms with Gasteiger partial charge in [-0.2, -0.15) is 0 Å². The van der Waals surface area contributed by atoms with Crippen LogP contribution in [0.3, 0.4) is 0 Å². The van der Waals surface area contributed by atoms with Gasteiger partial charge in [-0.25, -0.2) is 0 Å². The number of ether oxygens (including phenoxy) is 3. The number of hydrogen-bond acceptors (Lipinski definition) is 6. The summed E-state index contributed by atoms with van der Waals surface area (Å²) in [5.41, 5.74) is 0. The Morgan fingerprint density at radius 3 is 0.782 bits per heavy atom. The molecule has 0 aliphatic carbocycles. The highest BCUT2D eigenvalue weighted by Crippen LogP contribution is 2.17. The van der Waals surface area contributed by atoms with E-state index in [2.05, 4.69) is 106 Å². The normalized spacial score (nSPS) is 12.6. The molecule has 0 radical (unpaired) electrons. The van der Waals surface area contributed by atoms with Crippen LogP contribution in [0.5, 0.6) is 0 Å². The van der Waals surface area contributed by atoms with Crippen molar-refractivity contribution < 1.29 is 28.6 Å². The van der Waals surface area contributed by atoms with E-state index >= 15 is 0 Å². The maximum atomic E-state index is 12.9. The molecule has 0 saturated carbocycles. The predicted molar refractivity (Wildman–Crippen MR) is 339 cm³/mol. The smallest absolute Gasteiger partial charge is 0.306 e. The van der Waals surface area contributed by atoms with Crippen molar-refractivity contribution in [1.82, 2.24) is 0 Å². The van der Waals surface area contributed by atoms with Crippen molar-refractivity contribution in [2.75, 3.05) is 13.2 Å². The zero-order valence-corrected chi connectivity index (χ0v) is 51.7. The zero-order chi connectivity index (χ0) is 56.4. The molecular formula is C72H126O6. The third-order valence-corrected chi connectivity index (χ3v) is 14.6. The van der Waals surface area contributed by atoms with Crippen LogP contribution in [0.15, 0.2) is 85.1 Å². The van der Waals surface area contributed by atoms with Gasteiger partial charge in [0.25, 0.3) is 0 Å². The predicted octanol–water partition coefficient (Wildman–Crippen LogP) is 23.1. The molecule has 0 N–H and O–H groups in total. The molecule has 0 aliphatic rings. The Balaban J connectivity index is 4.38. The minimum atomic E-state index is -0.788. The minimum Gasteiger partial charge on any atom is -0.462 e. The molecule has 0 aromatic carbocycles. The van der Waals surface area contributed by atoms with E-state index in [1.165, 1.54) is 180 Å². The molecule has 0 bridgehead atoms. The number of allylic oxidation sites excluding steroid dienone is 14. The van der Waals surface area contributed by atoms with Gasteiger partial charge in [0.2, 0.25) is 0 Å². The molecule has 0 amide bonds. The van der Waals surface area contributed by atoms with Crippen molar-refractivity contribution in [3.05, 3.63) is 85.1 Å². The number of carbonyl (C=O) groups is 3. The molecule has 0 saturated heterocycles. The van der Waals surface area contributed by atoms with Gasteiger partial charge in [0.1, 0.15) is 13.2 Å². The largest absolute Gasteiger partial charge is 0.462 e. The van der Waals surface area contributed by atoms with Crippen LogP contribution in [0, 0.1) is 0 Å². The third-order valence-electron chi connectivity index (χ3n) is 14.6. The number of rotatable bonds is 61. The van der Waals surface area contributed by atoms with E-state index < -0.39 is 6.10 Å². The van der Waals surface area contributed by atoms with E-state index in [4.69, 9.17) is 14.2 Å². The lowest BCUT2D eigenvalue weighted by atomic mass is 10.0. The highest BCUT2D eigenvalue weighted by atomic mass is 16.6. The molecule has 1 unspecified atom stereocenters. The van der Waals surface area contributed by atoms with E-state index in [0.29, 0.717) is 19.3 Å². The van der Waals surface area contributed by atoms with Crippen LogP contribution in [0.25, 0.3) is 0 Å². The average Bonchev–Trinajstić information content (AvgIpc) is 3.44. The molecule has 78 heavy (non-hydrogen) atoms. The maximum absolute atomic E-state index is 12.9. The van der Waals surface area contributed by atoms with Gasteiger partial charge < -0.3 is 14.2 Å². The van der Waals surface area contributed by atoms with Gasteiger partial charge in [0.15, 0.2) is 6.10 Å². The lowest BCUT2D eigenvalue weighted by Gasteiger charge is -2.18. The maximum Gasteiger partial charge on any atom is 0.306 e. The number of carbonyl (C=O) groups excluding carboxylic acids is 3. The summed E-state index contributed by atoms with van der Waals surface area (Å²) in [5.74, 6) is -0.886. The topological polar surface area (TPSA) is 78.9 Å². The summed E-state index contributed by atoms with van der Waals surface area (Å²) in [5, 5.41) is 0. The van der Waals surface area contributed by atoms with Gasteiger partial charge in [0.05, 0.1) is 0 Å². The molecular weight excluding hydrogens is 961 g/mol. The molecule has 6 nitrogen and oxygen atoms in total. The standard InChI is InChI=1S/C72H126O6/c1-4-7-10-13-16-19-22-25-28-31-33-35-36-38-39-41-44-47-50-53-56-59-62-65-71(74)77-68-69(67-76-70(73)64-61-58-55-52-49-46-43-30-27-24-21-18-15-12-9-6-3)78-72(75)66-63-60-57-54-51-48-45-42-40-37-34-32-29-26-23-20-17-14-11-8-5-2/h8,11,17,20,22,25-26,29,31,33-34,37,42,45,69H,4-7,9-10,12-16,18-19,21,23-24,27-28,30,32,35-36,38-41,43-44,46-68H2,1-3H3/b11-8-,20-17-,25-22-,29-26-,33-31-,37-34-,45-42-. The molecule has 0 rings (SSSR count). The summed E-state index contributed by atoms with van der Waals surface area (Å²) < 4.78 is 17.0. The van der Waals surface area contributed by atoms with Gasteiger partial charge in [0, 0.05) is 19.3 Å². The summed E-state index contributed by atoms with van der Waals surface area (Å²) in [6.45, 7) is 6.55. The quantitative estimate of drug-likeness (QED) is 0.0261. The van der Waals surface area contributed by atoms with E-state index in [1.807, 2.05) is 0 Å². The monoisotopic (exact) mass is 1090 g/mol. The van der Waals surface area contributed by atoms with Crippen molar-refractivity contribution in [3.63, 3.8) is 0 Å². The van der Waals surface area contributed by atoms with E-state index in [9.17, 15) is 14.4 Å². The summed E-state index contributed by atoms with van der Waals surface area (Å²) in [4.78, 5) is 38.4. The first-order valence-electron chi connectivity index (χ1n) is 33.6. The molecule has 0 aromatic rings. The molecule has 6 heteroatoms. The van der Waals surface area contributed by atoms with Crippen molar-refractivity contribution in [3.8, 4) is 0 Å². The van der Waals surface area contributed by atoms with Crippen LogP contribution in [-0.4, -0.2) is 37.2 Å². The molecule has 450 valence electrons. The van der Waals surface area contributed by atoms with E-state index in [1.54, 1.807) is 0 Å². The van der Waals surface area contributed by atoms with Crippen molar-refractivity contribution in [2.45, 2.75) is 341 Å². The highest BCUT2D eigenvalue weighted by Gasteiger charge is 2.19. The van der Waals surface area contributed by atoms with Gasteiger partial charge in [-0.3, -0.25) is 14.4 Å². The molecule has 0 aliphatic heterocycles. The first-order valence-corrected chi connectivity index (χ1v) is 33.6. The lowest BCUT2D eigenvalue weighted by molar-refractivity contribution is -0.167. The van der Waals surface area contributed by atoms with Crippen LogP contribution in [-0.2, 0) is 28.6 Å². The van der Waals surface area contributed by atoms with Crippen molar-refractivity contribution >= 4 is 17.9 Å². The Labute approximate surface area is 484 Å².